The van der Waals surface area contributed by atoms with Crippen LogP contribution < -0.4 is 10.3 Å². The van der Waals surface area contributed by atoms with Crippen LogP contribution in [0.2, 0.25) is 0 Å². The van der Waals surface area contributed by atoms with Crippen molar-refractivity contribution in [2.45, 2.75) is 38.8 Å². The monoisotopic (exact) mass is 393 g/mol. The lowest BCUT2D eigenvalue weighted by Crippen LogP contribution is -2.54. The molecule has 1 atom stereocenters. The minimum atomic E-state index is -0.200. The van der Waals surface area contributed by atoms with E-state index in [2.05, 4.69) is 31.6 Å². The van der Waals surface area contributed by atoms with Crippen molar-refractivity contribution >= 4 is 17.4 Å². The third-order valence-electron chi connectivity index (χ3n) is 5.84. The second kappa shape index (κ2) is 6.68. The Balaban J connectivity index is 1.38. The molecule has 150 valence electrons. The van der Waals surface area contributed by atoms with E-state index in [1.807, 2.05) is 17.5 Å². The van der Waals surface area contributed by atoms with Gasteiger partial charge in [0, 0.05) is 62.1 Å². The predicted octanol–water partition coefficient (Wildman–Crippen LogP) is 1.28. The van der Waals surface area contributed by atoms with E-state index in [1.54, 1.807) is 29.7 Å². The zero-order valence-electron chi connectivity index (χ0n) is 16.5. The van der Waals surface area contributed by atoms with Gasteiger partial charge in [0.2, 0.25) is 5.65 Å². The highest BCUT2D eigenvalue weighted by Crippen LogP contribution is 2.35. The second-order valence-corrected chi connectivity index (χ2v) is 7.94. The molecule has 4 heterocycles. The van der Waals surface area contributed by atoms with Crippen molar-refractivity contribution in [3.05, 3.63) is 52.5 Å². The van der Waals surface area contributed by atoms with E-state index in [0.717, 1.165) is 24.4 Å². The van der Waals surface area contributed by atoms with Gasteiger partial charge in [0.15, 0.2) is 11.2 Å². The summed E-state index contributed by atoms with van der Waals surface area (Å²) in [5, 5.41) is 8.12. The lowest BCUT2D eigenvalue weighted by Gasteiger charge is -2.40. The van der Waals surface area contributed by atoms with E-state index < -0.39 is 0 Å². The van der Waals surface area contributed by atoms with Crippen molar-refractivity contribution in [3.8, 4) is 0 Å². The van der Waals surface area contributed by atoms with Crippen LogP contribution in [0.3, 0.4) is 0 Å². The van der Waals surface area contributed by atoms with Crippen LogP contribution >= 0.6 is 0 Å². The van der Waals surface area contributed by atoms with Crippen molar-refractivity contribution < 1.29 is 4.79 Å². The highest BCUT2D eigenvalue weighted by atomic mass is 16.2. The molecule has 0 spiro atoms. The number of fused-ring (bicyclic) bond motifs is 1. The summed E-state index contributed by atoms with van der Waals surface area (Å²) in [7, 11) is 0. The maximum absolute atomic E-state index is 13.1. The lowest BCUT2D eigenvalue weighted by molar-refractivity contribution is 0.0724. The van der Waals surface area contributed by atoms with Crippen molar-refractivity contribution in [1.82, 2.24) is 29.0 Å². The summed E-state index contributed by atoms with van der Waals surface area (Å²) >= 11 is 0. The fourth-order valence-electron chi connectivity index (χ4n) is 4.13. The van der Waals surface area contributed by atoms with Crippen LogP contribution in [0.25, 0.3) is 5.65 Å². The number of aryl methyl sites for hydroxylation is 1. The first-order valence-corrected chi connectivity index (χ1v) is 9.96. The average Bonchev–Trinajstić information content (AvgIpc) is 3.43. The Morgan fingerprint density at radius 2 is 2.07 bits per heavy atom. The quantitative estimate of drug-likeness (QED) is 0.666. The van der Waals surface area contributed by atoms with E-state index in [9.17, 15) is 9.59 Å². The van der Waals surface area contributed by atoms with Gasteiger partial charge in [0.25, 0.3) is 5.91 Å². The minimum Gasteiger partial charge on any atom is -0.348 e. The molecule has 29 heavy (non-hydrogen) atoms. The molecule has 0 radical (unpaired) electrons. The first-order valence-electron chi connectivity index (χ1n) is 9.96. The number of anilines is 1. The summed E-state index contributed by atoms with van der Waals surface area (Å²) < 4.78 is 3.91. The van der Waals surface area contributed by atoms with Gasteiger partial charge >= 0.3 is 0 Å². The molecule has 1 aliphatic heterocycles. The number of carbonyl (C=O) groups excluding carboxylic acids is 1. The number of carbonyl (C=O) groups is 1. The maximum Gasteiger partial charge on any atom is 0.259 e. The molecule has 3 aromatic rings. The first-order chi connectivity index (χ1) is 14.0. The molecular formula is C20H23N7O2. The molecule has 2 fully saturated rings. The molecule has 1 saturated carbocycles. The first kappa shape index (κ1) is 17.8. The second-order valence-electron chi connectivity index (χ2n) is 7.94. The largest absolute Gasteiger partial charge is 0.348 e. The average molecular weight is 393 g/mol. The summed E-state index contributed by atoms with van der Waals surface area (Å²) in [5.74, 6) is 0.570. The molecule has 0 N–H and O–H groups in total. The molecular weight excluding hydrogens is 370 g/mol. The van der Waals surface area contributed by atoms with Gasteiger partial charge in [-0.1, -0.05) is 0 Å². The van der Waals surface area contributed by atoms with Crippen molar-refractivity contribution in [3.63, 3.8) is 0 Å². The van der Waals surface area contributed by atoms with Gasteiger partial charge in [-0.15, -0.1) is 10.2 Å². The van der Waals surface area contributed by atoms with Crippen molar-refractivity contribution in [2.24, 2.45) is 0 Å². The summed E-state index contributed by atoms with van der Waals surface area (Å²) in [4.78, 5) is 34.0. The van der Waals surface area contributed by atoms with Gasteiger partial charge < -0.3 is 14.4 Å². The number of nitrogens with zero attached hydrogens (tertiary/aromatic N) is 7. The highest BCUT2D eigenvalue weighted by molar-refractivity contribution is 5.94. The minimum absolute atomic E-state index is 0.0409. The Bertz CT molecular complexity index is 1150. The molecule has 5 rings (SSSR count). The standard InChI is InChI=1S/C20H23N7O2/c1-13-9-17(28)16(11-27(13)15-3-4-15)20(29)24-7-8-26(14(2)10-24)18-19-23-22-12-25(19)6-5-21-18/h5-6,9,11-12,14-15H,3-4,7-8,10H2,1-2H3. The molecule has 1 unspecified atom stereocenters. The summed E-state index contributed by atoms with van der Waals surface area (Å²) in [6, 6.07) is 2.05. The fraction of sp³-hybridized carbons (Fsp3) is 0.450. The van der Waals surface area contributed by atoms with Gasteiger partial charge in [0.1, 0.15) is 11.9 Å². The molecule has 1 saturated heterocycles. The smallest absolute Gasteiger partial charge is 0.259 e. The summed E-state index contributed by atoms with van der Waals surface area (Å²) in [5.41, 5.74) is 1.68. The van der Waals surface area contributed by atoms with E-state index >= 15 is 0 Å². The van der Waals surface area contributed by atoms with Crippen LogP contribution in [0, 0.1) is 6.92 Å². The van der Waals surface area contributed by atoms with Crippen molar-refractivity contribution in [1.29, 1.82) is 0 Å². The van der Waals surface area contributed by atoms with E-state index in [4.69, 9.17) is 0 Å². The van der Waals surface area contributed by atoms with Crippen LogP contribution in [-0.2, 0) is 0 Å². The van der Waals surface area contributed by atoms with Gasteiger partial charge in [-0.2, -0.15) is 0 Å². The van der Waals surface area contributed by atoms with E-state index in [-0.39, 0.29) is 22.9 Å². The Morgan fingerprint density at radius 1 is 1.24 bits per heavy atom. The number of hydrogen-bond donors (Lipinski definition) is 0. The third kappa shape index (κ3) is 3.06. The number of aromatic nitrogens is 5. The Morgan fingerprint density at radius 3 is 2.83 bits per heavy atom. The van der Waals surface area contributed by atoms with Crippen LogP contribution in [-0.4, -0.2) is 60.6 Å². The normalized spacial score (nSPS) is 19.7. The van der Waals surface area contributed by atoms with Crippen LogP contribution in [0.4, 0.5) is 5.82 Å². The molecule has 1 aliphatic carbocycles. The summed E-state index contributed by atoms with van der Waals surface area (Å²) in [6.07, 6.45) is 9.15. The predicted molar refractivity (Wildman–Crippen MR) is 107 cm³/mol. The van der Waals surface area contributed by atoms with E-state index in [1.165, 1.54) is 0 Å². The van der Waals surface area contributed by atoms with Crippen LogP contribution in [0.1, 0.15) is 41.9 Å². The summed E-state index contributed by atoms with van der Waals surface area (Å²) in [6.45, 7) is 5.64. The Hall–Kier alpha value is -3.23. The van der Waals surface area contributed by atoms with Crippen LogP contribution in [0.15, 0.2) is 35.8 Å². The van der Waals surface area contributed by atoms with Gasteiger partial charge in [-0.25, -0.2) is 4.98 Å². The Kier molecular flexibility index (Phi) is 4.11. The highest BCUT2D eigenvalue weighted by Gasteiger charge is 2.31. The number of amides is 1. The fourth-order valence-corrected chi connectivity index (χ4v) is 4.13. The zero-order valence-corrected chi connectivity index (χ0v) is 16.5. The number of piperazine rings is 1. The molecule has 0 aromatic carbocycles. The molecule has 9 nitrogen and oxygen atoms in total. The zero-order chi connectivity index (χ0) is 20.1. The lowest BCUT2D eigenvalue weighted by atomic mass is 10.1. The molecule has 9 heteroatoms. The topological polar surface area (TPSA) is 88.6 Å². The van der Waals surface area contributed by atoms with Gasteiger partial charge in [-0.05, 0) is 26.7 Å². The number of rotatable bonds is 3. The molecule has 1 amide bonds. The van der Waals surface area contributed by atoms with Crippen LogP contribution in [0.5, 0.6) is 0 Å². The number of hydrogen-bond acceptors (Lipinski definition) is 6. The Labute approximate surface area is 167 Å². The van der Waals surface area contributed by atoms with Gasteiger partial charge in [-0.3, -0.25) is 14.0 Å². The third-order valence-corrected chi connectivity index (χ3v) is 5.84. The maximum atomic E-state index is 13.1. The van der Waals surface area contributed by atoms with Gasteiger partial charge in [0.05, 0.1) is 0 Å². The van der Waals surface area contributed by atoms with E-state index in [0.29, 0.717) is 31.3 Å². The molecule has 2 aliphatic rings. The van der Waals surface area contributed by atoms with Crippen molar-refractivity contribution in [2.75, 3.05) is 24.5 Å². The molecule has 0 bridgehead atoms. The number of pyridine rings is 1. The molecule has 3 aromatic heterocycles. The SMILES string of the molecule is Cc1cc(=O)c(C(=O)N2CCN(c3nccn4cnnc34)C(C)C2)cn1C1CC1.